The van der Waals surface area contributed by atoms with Crippen molar-refractivity contribution in [2.75, 3.05) is 40.4 Å². The third-order valence-corrected chi connectivity index (χ3v) is 9.66. The van der Waals surface area contributed by atoms with Gasteiger partial charge in [0.05, 0.1) is 12.4 Å². The molecule has 0 unspecified atom stereocenters. The maximum Gasteiger partial charge on any atom is 0.255 e. The molecule has 2 heterocycles. The van der Waals surface area contributed by atoms with Crippen molar-refractivity contribution in [2.45, 2.75) is 70.1 Å². The molecule has 11 heteroatoms. The normalized spacial score (nSPS) is 20.6. The van der Waals surface area contributed by atoms with Gasteiger partial charge >= 0.3 is 0 Å². The second kappa shape index (κ2) is 10.6. The number of amides is 1. The van der Waals surface area contributed by atoms with Crippen molar-refractivity contribution >= 4 is 33.1 Å². The van der Waals surface area contributed by atoms with Crippen LogP contribution in [-0.4, -0.2) is 55.8 Å². The lowest BCUT2D eigenvalue weighted by Crippen LogP contribution is -2.39. The zero-order valence-corrected chi connectivity index (χ0v) is 23.0. The molecular formula is C28H36F2N4O4S. The van der Waals surface area contributed by atoms with E-state index in [9.17, 15) is 22.0 Å². The molecule has 3 fully saturated rings. The summed E-state index contributed by atoms with van der Waals surface area (Å²) in [5.41, 5.74) is 3.30. The summed E-state index contributed by atoms with van der Waals surface area (Å²) < 4.78 is 54.4. The Balaban J connectivity index is 1.39. The van der Waals surface area contributed by atoms with E-state index in [1.54, 1.807) is 37.3 Å². The minimum Gasteiger partial charge on any atom is -0.395 e. The third kappa shape index (κ3) is 6.69. The number of rotatable bonds is 8. The van der Waals surface area contributed by atoms with Crippen LogP contribution in [0.4, 0.5) is 26.0 Å². The topological polar surface area (TPSA) is 112 Å². The second-order valence-corrected chi connectivity index (χ2v) is 13.2. The molecule has 0 bridgehead atoms. The summed E-state index contributed by atoms with van der Waals surface area (Å²) in [7, 11) is -3.71. The van der Waals surface area contributed by atoms with Crippen LogP contribution < -0.4 is 14.9 Å². The Kier molecular flexibility index (Phi) is 7.58. The molecule has 1 saturated heterocycles. The number of anilines is 3. The quantitative estimate of drug-likeness (QED) is 0.415. The lowest BCUT2D eigenvalue weighted by atomic mass is 9.75. The van der Waals surface area contributed by atoms with E-state index in [1.807, 2.05) is 4.90 Å². The highest BCUT2D eigenvalue weighted by molar-refractivity contribution is 7.92. The van der Waals surface area contributed by atoms with Crippen LogP contribution in [0.25, 0.3) is 0 Å². The number of carbonyl (C=O) groups is 1. The number of sulfonamides is 1. The highest BCUT2D eigenvalue weighted by Gasteiger charge is 2.45. The SMILES string of the molecule is Cc1cc(NC(=O)c2ccc(NS(=O)(=O)CCO)cc2C2CCC3(CC2)CC3)cc(N2CCC(F)(F)CC2)n1. The number of nitrogens with one attached hydrogen (secondary N) is 2. The van der Waals surface area contributed by atoms with Gasteiger partial charge in [0.1, 0.15) is 5.82 Å². The molecule has 2 aromatic rings. The number of halogens is 2. The van der Waals surface area contributed by atoms with E-state index in [1.165, 1.54) is 12.8 Å². The van der Waals surface area contributed by atoms with Gasteiger partial charge in [0, 0.05) is 54.6 Å². The summed E-state index contributed by atoms with van der Waals surface area (Å²) in [5, 5.41) is 12.0. The van der Waals surface area contributed by atoms with Crippen LogP contribution in [0.1, 0.15) is 78.9 Å². The first-order valence-electron chi connectivity index (χ1n) is 13.6. The largest absolute Gasteiger partial charge is 0.395 e. The van der Waals surface area contributed by atoms with Gasteiger partial charge in [-0.05, 0) is 86.6 Å². The van der Waals surface area contributed by atoms with Crippen molar-refractivity contribution in [3.05, 3.63) is 47.2 Å². The fourth-order valence-electron chi connectivity index (χ4n) is 5.89. The number of carbonyl (C=O) groups excluding carboxylic acids is 1. The Labute approximate surface area is 228 Å². The maximum absolute atomic E-state index is 13.7. The van der Waals surface area contributed by atoms with Gasteiger partial charge in [0.2, 0.25) is 10.0 Å². The molecule has 1 spiro atoms. The van der Waals surface area contributed by atoms with Gasteiger partial charge in [0.25, 0.3) is 11.8 Å². The van der Waals surface area contributed by atoms with Crippen LogP contribution in [0.2, 0.25) is 0 Å². The number of nitrogens with zero attached hydrogens (tertiary/aromatic N) is 2. The minimum atomic E-state index is -3.71. The maximum atomic E-state index is 13.7. The molecule has 1 aliphatic heterocycles. The molecule has 3 N–H and O–H groups in total. The van der Waals surface area contributed by atoms with Gasteiger partial charge in [-0.25, -0.2) is 22.2 Å². The first kappa shape index (κ1) is 27.8. The van der Waals surface area contributed by atoms with E-state index in [0.717, 1.165) is 31.2 Å². The average molecular weight is 563 g/mol. The summed E-state index contributed by atoms with van der Waals surface area (Å²) in [4.78, 5) is 19.9. The van der Waals surface area contributed by atoms with Crippen molar-refractivity contribution in [3.8, 4) is 0 Å². The van der Waals surface area contributed by atoms with Crippen molar-refractivity contribution in [1.29, 1.82) is 0 Å². The van der Waals surface area contributed by atoms with E-state index in [0.29, 0.717) is 33.9 Å². The Morgan fingerprint density at radius 1 is 1.05 bits per heavy atom. The molecule has 2 saturated carbocycles. The summed E-state index contributed by atoms with van der Waals surface area (Å²) in [5.74, 6) is -2.71. The number of aromatic nitrogens is 1. The fraction of sp³-hybridized carbons (Fsp3) is 0.571. The number of pyridine rings is 1. The number of benzene rings is 1. The zero-order valence-electron chi connectivity index (χ0n) is 22.2. The van der Waals surface area contributed by atoms with Gasteiger partial charge in [0.15, 0.2) is 0 Å². The van der Waals surface area contributed by atoms with Crippen LogP contribution in [0.3, 0.4) is 0 Å². The van der Waals surface area contributed by atoms with E-state index < -0.39 is 28.3 Å². The number of aliphatic hydroxyl groups excluding tert-OH is 1. The smallest absolute Gasteiger partial charge is 0.255 e. The lowest BCUT2D eigenvalue weighted by molar-refractivity contribution is -0.0221. The number of hydrogen-bond donors (Lipinski definition) is 3. The highest BCUT2D eigenvalue weighted by Crippen LogP contribution is 2.58. The Bertz CT molecular complexity index is 1330. The van der Waals surface area contributed by atoms with Crippen LogP contribution in [0, 0.1) is 12.3 Å². The van der Waals surface area contributed by atoms with E-state index in [2.05, 4.69) is 15.0 Å². The van der Waals surface area contributed by atoms with Crippen LogP contribution in [0.5, 0.6) is 0 Å². The van der Waals surface area contributed by atoms with Crippen molar-refractivity contribution in [3.63, 3.8) is 0 Å². The molecule has 1 aromatic heterocycles. The Hall–Kier alpha value is -2.79. The minimum absolute atomic E-state index is 0.129. The highest BCUT2D eigenvalue weighted by atomic mass is 32.2. The van der Waals surface area contributed by atoms with Crippen LogP contribution >= 0.6 is 0 Å². The molecule has 212 valence electrons. The van der Waals surface area contributed by atoms with Gasteiger partial charge in [-0.2, -0.15) is 0 Å². The lowest BCUT2D eigenvalue weighted by Gasteiger charge is -2.33. The molecule has 0 atom stereocenters. The number of aliphatic hydroxyl groups is 1. The number of aryl methyl sites for hydroxylation is 1. The molecule has 39 heavy (non-hydrogen) atoms. The summed E-state index contributed by atoms with van der Waals surface area (Å²) >= 11 is 0. The van der Waals surface area contributed by atoms with Crippen molar-refractivity contribution in [1.82, 2.24) is 4.98 Å². The van der Waals surface area contributed by atoms with Crippen molar-refractivity contribution in [2.24, 2.45) is 5.41 Å². The summed E-state index contributed by atoms with van der Waals surface area (Å²) in [6.45, 7) is 1.70. The molecule has 2 aliphatic carbocycles. The Morgan fingerprint density at radius 2 is 1.74 bits per heavy atom. The molecule has 0 radical (unpaired) electrons. The van der Waals surface area contributed by atoms with E-state index in [4.69, 9.17) is 5.11 Å². The van der Waals surface area contributed by atoms with Crippen molar-refractivity contribution < 1.29 is 27.1 Å². The molecule has 1 aromatic carbocycles. The van der Waals surface area contributed by atoms with Gasteiger partial charge in [-0.3, -0.25) is 9.52 Å². The van der Waals surface area contributed by atoms with Crippen LogP contribution in [0.15, 0.2) is 30.3 Å². The fourth-order valence-corrected chi connectivity index (χ4v) is 6.71. The molecule has 1 amide bonds. The van der Waals surface area contributed by atoms with Crippen LogP contribution in [-0.2, 0) is 10.0 Å². The first-order valence-corrected chi connectivity index (χ1v) is 15.3. The molecule has 3 aliphatic rings. The average Bonchev–Trinajstić information content (AvgIpc) is 3.62. The van der Waals surface area contributed by atoms with E-state index in [-0.39, 0.29) is 37.8 Å². The number of hydrogen-bond acceptors (Lipinski definition) is 6. The van der Waals surface area contributed by atoms with E-state index >= 15 is 0 Å². The predicted molar refractivity (Wildman–Crippen MR) is 147 cm³/mol. The number of alkyl halides is 2. The third-order valence-electron chi connectivity index (χ3n) is 8.39. The Morgan fingerprint density at radius 3 is 2.38 bits per heavy atom. The second-order valence-electron chi connectivity index (χ2n) is 11.4. The standard InChI is InChI=1S/C28H36F2N4O4S/c1-19-16-22(18-25(31-19)34-12-10-28(29,30)11-13-34)32-26(36)23-3-2-21(33-39(37,38)15-14-35)17-24(23)20-4-6-27(7-5-20)8-9-27/h2-3,16-18,20,33,35H,4-15H2,1H3,(H,31,32,36). The monoisotopic (exact) mass is 562 g/mol. The molecule has 8 nitrogen and oxygen atoms in total. The predicted octanol–water partition coefficient (Wildman–Crippen LogP) is 5.05. The summed E-state index contributed by atoms with van der Waals surface area (Å²) in [6.07, 6.45) is 6.12. The number of piperidine rings is 1. The van der Waals surface area contributed by atoms with Gasteiger partial charge in [-0.15, -0.1) is 0 Å². The molecular weight excluding hydrogens is 526 g/mol. The van der Waals surface area contributed by atoms with Gasteiger partial charge in [-0.1, -0.05) is 0 Å². The molecule has 5 rings (SSSR count). The first-order chi connectivity index (χ1) is 18.5. The zero-order chi connectivity index (χ0) is 27.8. The summed E-state index contributed by atoms with van der Waals surface area (Å²) in [6, 6.07) is 8.41. The van der Waals surface area contributed by atoms with Gasteiger partial charge < -0.3 is 15.3 Å².